The van der Waals surface area contributed by atoms with Crippen LogP contribution in [0.1, 0.15) is 37.8 Å². The molecule has 0 aromatic heterocycles. The van der Waals surface area contributed by atoms with E-state index >= 15 is 0 Å². The Bertz CT molecular complexity index is 772. The van der Waals surface area contributed by atoms with E-state index in [9.17, 15) is 4.79 Å². The normalized spacial score (nSPS) is 12.1. The van der Waals surface area contributed by atoms with Gasteiger partial charge in [-0.15, -0.1) is 0 Å². The van der Waals surface area contributed by atoms with Gasteiger partial charge in [-0.25, -0.2) is 0 Å². The van der Waals surface area contributed by atoms with Crippen LogP contribution >= 0.6 is 0 Å². The Morgan fingerprint density at radius 3 is 2.21 bits per heavy atom. The summed E-state index contributed by atoms with van der Waals surface area (Å²) in [4.78, 5) is 14.6. The third kappa shape index (κ3) is 5.73. The molecule has 2 aromatic carbocycles. The summed E-state index contributed by atoms with van der Waals surface area (Å²) >= 11 is 0. The zero-order valence-electron chi connectivity index (χ0n) is 17.8. The molecule has 5 heteroatoms. The number of ether oxygens (including phenoxy) is 2. The van der Waals surface area contributed by atoms with Crippen LogP contribution < -0.4 is 14.8 Å². The minimum atomic E-state index is -0.232. The van der Waals surface area contributed by atoms with E-state index in [-0.39, 0.29) is 11.9 Å². The highest BCUT2D eigenvalue weighted by atomic mass is 16.5. The summed E-state index contributed by atoms with van der Waals surface area (Å²) in [6, 6.07) is 13.7. The van der Waals surface area contributed by atoms with Crippen LogP contribution in [0.2, 0.25) is 0 Å². The van der Waals surface area contributed by atoms with Crippen LogP contribution in [0.25, 0.3) is 0 Å². The molecule has 1 amide bonds. The molecule has 0 saturated carbocycles. The molecule has 0 unspecified atom stereocenters. The number of rotatable bonds is 9. The predicted octanol–water partition coefficient (Wildman–Crippen LogP) is 4.33. The summed E-state index contributed by atoms with van der Waals surface area (Å²) in [5.74, 6) is 1.91. The molecule has 0 aliphatic heterocycles. The van der Waals surface area contributed by atoms with E-state index in [1.165, 1.54) is 5.56 Å². The number of likely N-dealkylation sites (N-methyl/N-ethyl adjacent to an activating group) is 1. The Hall–Kier alpha value is -2.53. The third-order valence-electron chi connectivity index (χ3n) is 5.09. The molecule has 0 bridgehead atoms. The van der Waals surface area contributed by atoms with Crippen molar-refractivity contribution in [3.05, 3.63) is 53.6 Å². The average Bonchev–Trinajstić information content (AvgIpc) is 2.71. The molecule has 0 fully saturated rings. The smallest absolute Gasteiger partial charge is 0.241 e. The lowest BCUT2D eigenvalue weighted by atomic mass is 10.0. The number of hydrogen-bond acceptors (Lipinski definition) is 4. The maximum Gasteiger partial charge on any atom is 0.241 e. The average molecular weight is 385 g/mol. The lowest BCUT2D eigenvalue weighted by Gasteiger charge is -2.24. The Morgan fingerprint density at radius 1 is 1.00 bits per heavy atom. The lowest BCUT2D eigenvalue weighted by molar-refractivity contribution is -0.120. The van der Waals surface area contributed by atoms with Gasteiger partial charge in [0.15, 0.2) is 11.5 Å². The summed E-state index contributed by atoms with van der Waals surface area (Å²) in [5.41, 5.74) is 3.23. The quantitative estimate of drug-likeness (QED) is 0.699. The first-order valence-electron chi connectivity index (χ1n) is 9.67. The minimum Gasteiger partial charge on any atom is -0.493 e. The molecule has 0 heterocycles. The van der Waals surface area contributed by atoms with Crippen molar-refractivity contribution in [2.24, 2.45) is 0 Å². The summed E-state index contributed by atoms with van der Waals surface area (Å²) in [6.45, 7) is 6.99. The van der Waals surface area contributed by atoms with Crippen LogP contribution in [-0.2, 0) is 11.2 Å². The van der Waals surface area contributed by atoms with Gasteiger partial charge in [0, 0.05) is 12.2 Å². The van der Waals surface area contributed by atoms with E-state index in [1.807, 2.05) is 44.3 Å². The standard InChI is InChI=1S/C23H32N2O3/c1-16(2)19-8-10-20(11-9-19)24-23(26)17(3)25(4)14-13-18-7-12-21(27-5)22(15-18)28-6/h7-12,15-17H,13-14H2,1-6H3,(H,24,26)/t17-/m1/s1. The molecule has 0 aliphatic rings. The third-order valence-corrected chi connectivity index (χ3v) is 5.09. The fourth-order valence-corrected chi connectivity index (χ4v) is 2.93. The highest BCUT2D eigenvalue weighted by Crippen LogP contribution is 2.27. The van der Waals surface area contributed by atoms with Crippen molar-refractivity contribution in [3.8, 4) is 11.5 Å². The molecule has 2 rings (SSSR count). The van der Waals surface area contributed by atoms with Crippen molar-refractivity contribution >= 4 is 11.6 Å². The summed E-state index contributed by atoms with van der Waals surface area (Å²) in [6.07, 6.45) is 0.817. The Labute approximate surface area is 168 Å². The number of carbonyl (C=O) groups excluding carboxylic acids is 1. The van der Waals surface area contributed by atoms with Crippen LogP contribution in [0, 0.1) is 0 Å². The molecule has 0 spiro atoms. The number of amides is 1. The molecule has 152 valence electrons. The fraction of sp³-hybridized carbons (Fsp3) is 0.435. The zero-order chi connectivity index (χ0) is 20.7. The number of nitrogens with one attached hydrogen (secondary N) is 1. The van der Waals surface area contributed by atoms with Gasteiger partial charge in [-0.3, -0.25) is 9.69 Å². The first kappa shape index (κ1) is 21.8. The summed E-state index contributed by atoms with van der Waals surface area (Å²) < 4.78 is 10.6. The first-order valence-corrected chi connectivity index (χ1v) is 9.67. The summed E-state index contributed by atoms with van der Waals surface area (Å²) in [7, 11) is 5.22. The molecule has 5 nitrogen and oxygen atoms in total. The second kappa shape index (κ2) is 10.1. The first-order chi connectivity index (χ1) is 13.3. The van der Waals surface area contributed by atoms with Crippen molar-refractivity contribution in [1.29, 1.82) is 0 Å². The maximum atomic E-state index is 12.6. The van der Waals surface area contributed by atoms with E-state index in [4.69, 9.17) is 9.47 Å². The second-order valence-electron chi connectivity index (χ2n) is 7.36. The fourth-order valence-electron chi connectivity index (χ4n) is 2.93. The largest absolute Gasteiger partial charge is 0.493 e. The number of methoxy groups -OCH3 is 2. The van der Waals surface area contributed by atoms with Gasteiger partial charge >= 0.3 is 0 Å². The van der Waals surface area contributed by atoms with Gasteiger partial charge in [0.2, 0.25) is 5.91 Å². The van der Waals surface area contributed by atoms with Gasteiger partial charge in [0.05, 0.1) is 20.3 Å². The lowest BCUT2D eigenvalue weighted by Crippen LogP contribution is -2.40. The molecule has 0 aliphatic carbocycles. The molecular weight excluding hydrogens is 352 g/mol. The van der Waals surface area contributed by atoms with Crippen molar-refractivity contribution in [2.75, 3.05) is 33.1 Å². The van der Waals surface area contributed by atoms with E-state index < -0.39 is 0 Å². The van der Waals surface area contributed by atoms with Gasteiger partial charge in [0.1, 0.15) is 0 Å². The zero-order valence-corrected chi connectivity index (χ0v) is 17.8. The van der Waals surface area contributed by atoms with Gasteiger partial charge in [0.25, 0.3) is 0 Å². The van der Waals surface area contributed by atoms with Crippen molar-refractivity contribution in [1.82, 2.24) is 4.90 Å². The second-order valence-corrected chi connectivity index (χ2v) is 7.36. The van der Waals surface area contributed by atoms with E-state index in [2.05, 4.69) is 36.2 Å². The molecule has 1 atom stereocenters. The van der Waals surface area contributed by atoms with Crippen LogP contribution in [0.3, 0.4) is 0 Å². The summed E-state index contributed by atoms with van der Waals surface area (Å²) in [5, 5.41) is 3.00. The predicted molar refractivity (Wildman–Crippen MR) is 115 cm³/mol. The Kier molecular flexibility index (Phi) is 7.88. The van der Waals surface area contributed by atoms with Crippen LogP contribution in [-0.4, -0.2) is 44.7 Å². The SMILES string of the molecule is COc1ccc(CCN(C)[C@H](C)C(=O)Nc2ccc(C(C)C)cc2)cc1OC. The van der Waals surface area contributed by atoms with Gasteiger partial charge in [-0.05, 0) is 61.7 Å². The minimum absolute atomic E-state index is 0.00731. The number of hydrogen-bond donors (Lipinski definition) is 1. The van der Waals surface area contributed by atoms with Crippen molar-refractivity contribution in [2.45, 2.75) is 39.2 Å². The van der Waals surface area contributed by atoms with Crippen LogP contribution in [0.4, 0.5) is 5.69 Å². The molecule has 0 saturated heterocycles. The maximum absolute atomic E-state index is 12.6. The topological polar surface area (TPSA) is 50.8 Å². The highest BCUT2D eigenvalue weighted by Gasteiger charge is 2.18. The molecular formula is C23H32N2O3. The molecule has 0 radical (unpaired) electrons. The van der Waals surface area contributed by atoms with Crippen molar-refractivity contribution in [3.63, 3.8) is 0 Å². The number of benzene rings is 2. The van der Waals surface area contributed by atoms with Crippen LogP contribution in [0.5, 0.6) is 11.5 Å². The molecule has 28 heavy (non-hydrogen) atoms. The van der Waals surface area contributed by atoms with E-state index in [0.29, 0.717) is 5.92 Å². The van der Waals surface area contributed by atoms with Gasteiger partial charge in [-0.1, -0.05) is 32.0 Å². The Morgan fingerprint density at radius 2 is 1.64 bits per heavy atom. The van der Waals surface area contributed by atoms with E-state index in [1.54, 1.807) is 14.2 Å². The Balaban J connectivity index is 1.90. The molecule has 2 aromatic rings. The van der Waals surface area contributed by atoms with Gasteiger partial charge < -0.3 is 14.8 Å². The number of carbonyl (C=O) groups is 1. The number of nitrogens with zero attached hydrogens (tertiary/aromatic N) is 1. The van der Waals surface area contributed by atoms with Crippen molar-refractivity contribution < 1.29 is 14.3 Å². The highest BCUT2D eigenvalue weighted by molar-refractivity contribution is 5.94. The van der Waals surface area contributed by atoms with Crippen LogP contribution in [0.15, 0.2) is 42.5 Å². The van der Waals surface area contributed by atoms with Gasteiger partial charge in [-0.2, -0.15) is 0 Å². The monoisotopic (exact) mass is 384 g/mol. The van der Waals surface area contributed by atoms with E-state index in [0.717, 1.165) is 35.7 Å². The molecule has 1 N–H and O–H groups in total. The number of anilines is 1.